The molecule has 0 aromatic heterocycles. The molecular formula is C9H17N3OS. The van der Waals surface area contributed by atoms with Crippen molar-refractivity contribution >= 4 is 23.2 Å². The van der Waals surface area contributed by atoms with E-state index >= 15 is 0 Å². The zero-order chi connectivity index (χ0) is 10.4. The van der Waals surface area contributed by atoms with Crippen molar-refractivity contribution in [2.75, 3.05) is 6.54 Å². The fourth-order valence-electron chi connectivity index (χ4n) is 1.65. The minimum atomic E-state index is -0.162. The number of rotatable bonds is 3. The van der Waals surface area contributed by atoms with E-state index in [0.717, 1.165) is 12.8 Å². The molecule has 0 unspecified atom stereocenters. The van der Waals surface area contributed by atoms with Crippen molar-refractivity contribution < 1.29 is 4.79 Å². The molecule has 0 aromatic carbocycles. The molecule has 0 aromatic rings. The molecule has 0 spiro atoms. The van der Waals surface area contributed by atoms with Crippen LogP contribution in [-0.4, -0.2) is 23.6 Å². The Balaban J connectivity index is 2.15. The van der Waals surface area contributed by atoms with Crippen LogP contribution < -0.4 is 16.4 Å². The Morgan fingerprint density at radius 2 is 2.00 bits per heavy atom. The molecule has 80 valence electrons. The first kappa shape index (κ1) is 11.2. The highest BCUT2D eigenvalue weighted by atomic mass is 32.1. The molecule has 0 radical (unpaired) electrons. The minimum absolute atomic E-state index is 0.162. The summed E-state index contributed by atoms with van der Waals surface area (Å²) in [5.74, 6) is 0. The lowest BCUT2D eigenvalue weighted by atomic mass is 9.96. The number of carbonyl (C=O) groups excluding carboxylic acids is 1. The summed E-state index contributed by atoms with van der Waals surface area (Å²) in [7, 11) is 0. The second-order valence-corrected chi connectivity index (χ2v) is 4.15. The molecule has 4 nitrogen and oxygen atoms in total. The molecule has 1 rings (SSSR count). The third kappa shape index (κ3) is 4.41. The van der Waals surface area contributed by atoms with Crippen molar-refractivity contribution in [3.05, 3.63) is 0 Å². The molecule has 14 heavy (non-hydrogen) atoms. The van der Waals surface area contributed by atoms with Gasteiger partial charge in [-0.1, -0.05) is 31.5 Å². The van der Waals surface area contributed by atoms with Crippen molar-refractivity contribution in [2.45, 2.75) is 38.1 Å². The fourth-order valence-corrected chi connectivity index (χ4v) is 1.72. The smallest absolute Gasteiger partial charge is 0.315 e. The van der Waals surface area contributed by atoms with Crippen LogP contribution in [0.4, 0.5) is 4.79 Å². The van der Waals surface area contributed by atoms with Gasteiger partial charge >= 0.3 is 6.03 Å². The highest BCUT2D eigenvalue weighted by molar-refractivity contribution is 7.80. The third-order valence-corrected chi connectivity index (χ3v) is 2.51. The summed E-state index contributed by atoms with van der Waals surface area (Å²) in [4.78, 5) is 11.6. The second-order valence-electron chi connectivity index (χ2n) is 3.63. The van der Waals surface area contributed by atoms with E-state index in [1.165, 1.54) is 19.3 Å². The van der Waals surface area contributed by atoms with Gasteiger partial charge in [0, 0.05) is 6.04 Å². The fraction of sp³-hybridized carbons (Fsp3) is 0.778. The van der Waals surface area contributed by atoms with Gasteiger partial charge in [0.1, 0.15) is 0 Å². The van der Waals surface area contributed by atoms with Gasteiger partial charge in [-0.3, -0.25) is 0 Å². The Hall–Kier alpha value is -0.840. The highest BCUT2D eigenvalue weighted by Gasteiger charge is 2.14. The maximum absolute atomic E-state index is 11.3. The summed E-state index contributed by atoms with van der Waals surface area (Å²) in [5.41, 5.74) is 5.26. The van der Waals surface area contributed by atoms with Crippen LogP contribution in [0.5, 0.6) is 0 Å². The van der Waals surface area contributed by atoms with Gasteiger partial charge in [-0.25, -0.2) is 4.79 Å². The van der Waals surface area contributed by atoms with Gasteiger partial charge in [0.2, 0.25) is 0 Å². The summed E-state index contributed by atoms with van der Waals surface area (Å²) in [6.45, 7) is 0.272. The molecular weight excluding hydrogens is 198 g/mol. The molecule has 4 N–H and O–H groups in total. The van der Waals surface area contributed by atoms with E-state index in [9.17, 15) is 4.79 Å². The van der Waals surface area contributed by atoms with Crippen LogP contribution >= 0.6 is 12.2 Å². The minimum Gasteiger partial charge on any atom is -0.392 e. The summed E-state index contributed by atoms with van der Waals surface area (Å²) in [5, 5.41) is 5.52. The molecule has 0 bridgehead atoms. The number of thiocarbonyl (C=S) groups is 1. The average molecular weight is 215 g/mol. The number of hydrogen-bond acceptors (Lipinski definition) is 2. The van der Waals surface area contributed by atoms with Crippen LogP contribution in [0, 0.1) is 0 Å². The number of hydrogen-bond donors (Lipinski definition) is 3. The SMILES string of the molecule is NC(=S)CNC(=O)NC1CCCCC1. The predicted molar refractivity (Wildman–Crippen MR) is 60.2 cm³/mol. The largest absolute Gasteiger partial charge is 0.392 e. The van der Waals surface area contributed by atoms with Crippen LogP contribution in [0.2, 0.25) is 0 Å². The van der Waals surface area contributed by atoms with E-state index in [4.69, 9.17) is 5.73 Å². The first-order valence-corrected chi connectivity index (χ1v) is 5.42. The third-order valence-electron chi connectivity index (χ3n) is 2.36. The van der Waals surface area contributed by atoms with Crippen molar-refractivity contribution in [3.63, 3.8) is 0 Å². The van der Waals surface area contributed by atoms with Gasteiger partial charge in [-0.05, 0) is 12.8 Å². The number of urea groups is 1. The highest BCUT2D eigenvalue weighted by Crippen LogP contribution is 2.16. The molecule has 1 aliphatic carbocycles. The molecule has 0 atom stereocenters. The van der Waals surface area contributed by atoms with E-state index in [1.807, 2.05) is 0 Å². The first-order valence-electron chi connectivity index (χ1n) is 5.01. The predicted octanol–water partition coefficient (Wildman–Crippen LogP) is 0.904. The maximum Gasteiger partial charge on any atom is 0.315 e. The van der Waals surface area contributed by atoms with Crippen LogP contribution in [0.25, 0.3) is 0 Å². The van der Waals surface area contributed by atoms with Gasteiger partial charge < -0.3 is 16.4 Å². The number of carbonyl (C=O) groups is 1. The molecule has 0 saturated heterocycles. The summed E-state index contributed by atoms with van der Waals surface area (Å²) in [6, 6.07) is 0.166. The van der Waals surface area contributed by atoms with Crippen LogP contribution in [0.15, 0.2) is 0 Å². The Bertz CT molecular complexity index is 214. The van der Waals surface area contributed by atoms with E-state index in [0.29, 0.717) is 11.0 Å². The Morgan fingerprint density at radius 1 is 1.36 bits per heavy atom. The maximum atomic E-state index is 11.3. The van der Waals surface area contributed by atoms with E-state index in [1.54, 1.807) is 0 Å². The zero-order valence-electron chi connectivity index (χ0n) is 8.21. The van der Waals surface area contributed by atoms with Crippen molar-refractivity contribution in [1.82, 2.24) is 10.6 Å². The molecule has 1 fully saturated rings. The van der Waals surface area contributed by atoms with Crippen LogP contribution in [0.1, 0.15) is 32.1 Å². The Morgan fingerprint density at radius 3 is 2.57 bits per heavy atom. The van der Waals surface area contributed by atoms with E-state index in [2.05, 4.69) is 22.9 Å². The number of nitrogens with two attached hydrogens (primary N) is 1. The second kappa shape index (κ2) is 5.80. The molecule has 0 heterocycles. The lowest BCUT2D eigenvalue weighted by Gasteiger charge is -2.22. The van der Waals surface area contributed by atoms with Gasteiger partial charge in [0.25, 0.3) is 0 Å². The Labute approximate surface area is 89.6 Å². The summed E-state index contributed by atoms with van der Waals surface area (Å²) < 4.78 is 0. The lowest BCUT2D eigenvalue weighted by molar-refractivity contribution is 0.234. The number of nitrogens with one attached hydrogen (secondary N) is 2. The first-order chi connectivity index (χ1) is 6.68. The van der Waals surface area contributed by atoms with Gasteiger partial charge in [-0.2, -0.15) is 0 Å². The van der Waals surface area contributed by atoms with E-state index < -0.39 is 0 Å². The van der Waals surface area contributed by atoms with Crippen LogP contribution in [-0.2, 0) is 0 Å². The Kier molecular flexibility index (Phi) is 4.65. The molecule has 1 saturated carbocycles. The molecule has 2 amide bonds. The molecule has 5 heteroatoms. The van der Waals surface area contributed by atoms with Crippen LogP contribution in [0.3, 0.4) is 0 Å². The van der Waals surface area contributed by atoms with Gasteiger partial charge in [-0.15, -0.1) is 0 Å². The molecule has 1 aliphatic rings. The monoisotopic (exact) mass is 215 g/mol. The van der Waals surface area contributed by atoms with E-state index in [-0.39, 0.29) is 12.6 Å². The standard InChI is InChI=1S/C9H17N3OS/c10-8(14)6-11-9(13)12-7-4-2-1-3-5-7/h7H,1-6H2,(H2,10,14)(H2,11,12,13). The van der Waals surface area contributed by atoms with Crippen molar-refractivity contribution in [3.8, 4) is 0 Å². The topological polar surface area (TPSA) is 67.1 Å². The van der Waals surface area contributed by atoms with Gasteiger partial charge in [0.15, 0.2) is 0 Å². The quantitative estimate of drug-likeness (QED) is 0.613. The zero-order valence-corrected chi connectivity index (χ0v) is 9.03. The van der Waals surface area contributed by atoms with Gasteiger partial charge in [0.05, 0.1) is 11.5 Å². The average Bonchev–Trinajstić information content (AvgIpc) is 2.16. The normalized spacial score (nSPS) is 17.4. The summed E-state index contributed by atoms with van der Waals surface area (Å²) in [6.07, 6.45) is 5.87. The van der Waals surface area contributed by atoms with Crippen molar-refractivity contribution in [2.24, 2.45) is 5.73 Å². The number of amides is 2. The lowest BCUT2D eigenvalue weighted by Crippen LogP contribution is -2.45. The molecule has 0 aliphatic heterocycles. The summed E-state index contributed by atoms with van der Waals surface area (Å²) >= 11 is 4.65. The van der Waals surface area contributed by atoms with Crippen molar-refractivity contribution in [1.29, 1.82) is 0 Å².